The zero-order valence-corrected chi connectivity index (χ0v) is 26.4. The van der Waals surface area contributed by atoms with Gasteiger partial charge in [-0.05, 0) is 73.2 Å². The van der Waals surface area contributed by atoms with Gasteiger partial charge in [0, 0.05) is 22.6 Å². The van der Waals surface area contributed by atoms with Crippen LogP contribution < -0.4 is 9.62 Å². The number of sulfonamides is 1. The maximum Gasteiger partial charge on any atom is 0.264 e. The Balaban J connectivity index is 1.70. The van der Waals surface area contributed by atoms with Gasteiger partial charge in [0.25, 0.3) is 10.0 Å². The van der Waals surface area contributed by atoms with E-state index in [1.165, 1.54) is 17.0 Å². The van der Waals surface area contributed by atoms with Gasteiger partial charge >= 0.3 is 0 Å². The molecular formula is C32H37Cl2N3O4S. The summed E-state index contributed by atoms with van der Waals surface area (Å²) in [6.45, 7) is 5.24. The third kappa shape index (κ3) is 7.65. The molecule has 1 aliphatic rings. The fourth-order valence-corrected chi connectivity index (χ4v) is 6.99. The summed E-state index contributed by atoms with van der Waals surface area (Å²) in [4.78, 5) is 28.9. The third-order valence-corrected chi connectivity index (χ3v) is 10.1. The second-order valence-electron chi connectivity index (χ2n) is 11.0. The molecule has 0 heterocycles. The van der Waals surface area contributed by atoms with Crippen molar-refractivity contribution in [2.24, 2.45) is 0 Å². The molecule has 1 aliphatic carbocycles. The molecule has 0 aliphatic heterocycles. The van der Waals surface area contributed by atoms with Crippen molar-refractivity contribution in [1.29, 1.82) is 0 Å². The molecule has 4 rings (SSSR count). The lowest BCUT2D eigenvalue weighted by atomic mass is 10.0. The van der Waals surface area contributed by atoms with Crippen LogP contribution in [-0.4, -0.2) is 43.8 Å². The van der Waals surface area contributed by atoms with Crippen LogP contribution in [0.2, 0.25) is 10.0 Å². The lowest BCUT2D eigenvalue weighted by Crippen LogP contribution is -2.52. The van der Waals surface area contributed by atoms with Crippen LogP contribution in [0.1, 0.15) is 63.5 Å². The first-order valence-corrected chi connectivity index (χ1v) is 16.4. The van der Waals surface area contributed by atoms with Gasteiger partial charge in [-0.1, -0.05) is 86.3 Å². The third-order valence-electron chi connectivity index (χ3n) is 7.68. The van der Waals surface area contributed by atoms with Crippen LogP contribution in [-0.2, 0) is 26.2 Å². The molecule has 1 fully saturated rings. The van der Waals surface area contributed by atoms with Gasteiger partial charge in [-0.3, -0.25) is 13.9 Å². The number of halogens is 2. The first-order chi connectivity index (χ1) is 20.0. The number of amides is 2. The van der Waals surface area contributed by atoms with E-state index >= 15 is 0 Å². The summed E-state index contributed by atoms with van der Waals surface area (Å²) in [6, 6.07) is 19.3. The molecule has 1 N–H and O–H groups in total. The maximum absolute atomic E-state index is 14.1. The minimum absolute atomic E-state index is 0.000396. The summed E-state index contributed by atoms with van der Waals surface area (Å²) in [5.74, 6) is -0.583. The second-order valence-corrected chi connectivity index (χ2v) is 13.7. The van der Waals surface area contributed by atoms with E-state index in [0.29, 0.717) is 21.3 Å². The SMILES string of the molecule is CC(C)c1ccc(N(CC(=O)N(Cc2ccc(Cl)cc2Cl)C(C)C(=O)NC2CCCC2)S(=O)(=O)c2ccccc2)cc1. The van der Waals surface area contributed by atoms with Gasteiger partial charge in [0.1, 0.15) is 12.6 Å². The first kappa shape index (κ1) is 31.9. The molecule has 0 radical (unpaired) electrons. The van der Waals surface area contributed by atoms with Gasteiger partial charge in [0.15, 0.2) is 0 Å². The molecule has 7 nitrogen and oxygen atoms in total. The standard InChI is InChI=1S/C32H37Cl2N3O4S/c1-22(2)24-14-17-28(18-15-24)37(42(40,41)29-11-5-4-6-12-29)21-31(38)36(20-25-13-16-26(33)19-30(25)34)23(3)32(39)35-27-9-7-8-10-27/h4-6,11-19,22-23,27H,7-10,20-21H2,1-3H3,(H,35,39). The molecule has 1 saturated carbocycles. The van der Waals surface area contributed by atoms with Crippen LogP contribution in [0.5, 0.6) is 0 Å². The van der Waals surface area contributed by atoms with Crippen molar-refractivity contribution in [2.75, 3.05) is 10.8 Å². The van der Waals surface area contributed by atoms with Crippen molar-refractivity contribution >= 4 is 50.7 Å². The van der Waals surface area contributed by atoms with Gasteiger partial charge in [-0.25, -0.2) is 8.42 Å². The molecule has 42 heavy (non-hydrogen) atoms. The number of nitrogens with zero attached hydrogens (tertiary/aromatic N) is 2. The van der Waals surface area contributed by atoms with Gasteiger partial charge in [0.05, 0.1) is 10.6 Å². The lowest BCUT2D eigenvalue weighted by Gasteiger charge is -2.32. The zero-order chi connectivity index (χ0) is 30.4. The van der Waals surface area contributed by atoms with Crippen LogP contribution in [0, 0.1) is 0 Å². The average molecular weight is 631 g/mol. The Morgan fingerprint density at radius 2 is 1.57 bits per heavy atom. The number of benzene rings is 3. The number of hydrogen-bond acceptors (Lipinski definition) is 4. The van der Waals surface area contributed by atoms with Crippen molar-refractivity contribution in [3.8, 4) is 0 Å². The molecule has 224 valence electrons. The van der Waals surface area contributed by atoms with E-state index in [0.717, 1.165) is 35.6 Å². The molecule has 1 atom stereocenters. The average Bonchev–Trinajstić information content (AvgIpc) is 3.48. The summed E-state index contributed by atoms with van der Waals surface area (Å²) >= 11 is 12.6. The fraction of sp³-hybridized carbons (Fsp3) is 0.375. The predicted molar refractivity (Wildman–Crippen MR) is 168 cm³/mol. The van der Waals surface area contributed by atoms with Gasteiger partial charge < -0.3 is 10.2 Å². The smallest absolute Gasteiger partial charge is 0.264 e. The Kier molecular flexibility index (Phi) is 10.6. The van der Waals surface area contributed by atoms with Crippen LogP contribution in [0.4, 0.5) is 5.69 Å². The Labute approximate surface area is 258 Å². The van der Waals surface area contributed by atoms with E-state index in [2.05, 4.69) is 19.2 Å². The highest BCUT2D eigenvalue weighted by molar-refractivity contribution is 7.92. The molecule has 0 aromatic heterocycles. The van der Waals surface area contributed by atoms with E-state index in [1.807, 2.05) is 12.1 Å². The summed E-state index contributed by atoms with van der Waals surface area (Å²) in [5.41, 5.74) is 1.98. The molecular weight excluding hydrogens is 593 g/mol. The Morgan fingerprint density at radius 3 is 2.17 bits per heavy atom. The molecule has 0 spiro atoms. The van der Waals surface area contributed by atoms with E-state index in [1.54, 1.807) is 55.5 Å². The van der Waals surface area contributed by atoms with Crippen LogP contribution in [0.3, 0.4) is 0 Å². The summed E-state index contributed by atoms with van der Waals surface area (Å²) < 4.78 is 29.0. The first-order valence-electron chi connectivity index (χ1n) is 14.2. The van der Waals surface area contributed by atoms with E-state index < -0.39 is 28.5 Å². The van der Waals surface area contributed by atoms with Crippen molar-refractivity contribution in [3.63, 3.8) is 0 Å². The highest BCUT2D eigenvalue weighted by Crippen LogP contribution is 2.28. The highest BCUT2D eigenvalue weighted by atomic mass is 35.5. The molecule has 0 saturated heterocycles. The number of hydrogen-bond donors (Lipinski definition) is 1. The van der Waals surface area contributed by atoms with E-state index in [-0.39, 0.29) is 29.3 Å². The number of carbonyl (C=O) groups excluding carboxylic acids is 2. The number of rotatable bonds is 11. The summed E-state index contributed by atoms with van der Waals surface area (Å²) in [5, 5.41) is 3.85. The van der Waals surface area contributed by atoms with Crippen molar-refractivity contribution < 1.29 is 18.0 Å². The van der Waals surface area contributed by atoms with Crippen LogP contribution in [0.15, 0.2) is 77.7 Å². The minimum Gasteiger partial charge on any atom is -0.352 e. The topological polar surface area (TPSA) is 86.8 Å². The van der Waals surface area contributed by atoms with Gasteiger partial charge in [-0.15, -0.1) is 0 Å². The number of carbonyl (C=O) groups is 2. The number of nitrogens with one attached hydrogen (secondary N) is 1. The fourth-order valence-electron chi connectivity index (χ4n) is 5.08. The molecule has 2 amide bonds. The monoisotopic (exact) mass is 629 g/mol. The van der Waals surface area contributed by atoms with E-state index in [4.69, 9.17) is 23.2 Å². The molecule has 0 bridgehead atoms. The second kappa shape index (κ2) is 13.9. The van der Waals surface area contributed by atoms with E-state index in [9.17, 15) is 18.0 Å². The molecule has 1 unspecified atom stereocenters. The molecule has 10 heteroatoms. The highest BCUT2D eigenvalue weighted by Gasteiger charge is 2.33. The molecule has 3 aromatic carbocycles. The van der Waals surface area contributed by atoms with Crippen LogP contribution in [0.25, 0.3) is 0 Å². The predicted octanol–water partition coefficient (Wildman–Crippen LogP) is 6.79. The van der Waals surface area contributed by atoms with Crippen molar-refractivity contribution in [1.82, 2.24) is 10.2 Å². The lowest BCUT2D eigenvalue weighted by molar-refractivity contribution is -0.139. The summed E-state index contributed by atoms with van der Waals surface area (Å²) in [6.07, 6.45) is 3.88. The summed E-state index contributed by atoms with van der Waals surface area (Å²) in [7, 11) is -4.13. The quantitative estimate of drug-likeness (QED) is 0.253. The normalized spacial score (nSPS) is 14.5. The van der Waals surface area contributed by atoms with Crippen LogP contribution >= 0.6 is 23.2 Å². The van der Waals surface area contributed by atoms with Crippen molar-refractivity contribution in [2.45, 2.75) is 75.9 Å². The maximum atomic E-state index is 14.1. The molecule has 3 aromatic rings. The Bertz CT molecular complexity index is 1490. The minimum atomic E-state index is -4.13. The number of anilines is 1. The zero-order valence-electron chi connectivity index (χ0n) is 24.1. The Morgan fingerprint density at radius 1 is 0.929 bits per heavy atom. The van der Waals surface area contributed by atoms with Gasteiger partial charge in [-0.2, -0.15) is 0 Å². The van der Waals surface area contributed by atoms with Crippen molar-refractivity contribution in [3.05, 3.63) is 94.0 Å². The largest absolute Gasteiger partial charge is 0.352 e. The van der Waals surface area contributed by atoms with Gasteiger partial charge in [0.2, 0.25) is 11.8 Å². The Hall–Kier alpha value is -3.07.